The van der Waals surface area contributed by atoms with E-state index in [9.17, 15) is 4.79 Å². The Morgan fingerprint density at radius 3 is 2.65 bits per heavy atom. The summed E-state index contributed by atoms with van der Waals surface area (Å²) in [7, 11) is 0. The molecule has 1 aromatic carbocycles. The first-order valence-corrected chi connectivity index (χ1v) is 7.93. The Hall–Kier alpha value is -1.31. The minimum atomic E-state index is -0.0835. The molecule has 1 aliphatic heterocycles. The molecule has 0 N–H and O–H groups in total. The van der Waals surface area contributed by atoms with Crippen LogP contribution in [0.25, 0.3) is 0 Å². The van der Waals surface area contributed by atoms with Gasteiger partial charge in [0.05, 0.1) is 0 Å². The van der Waals surface area contributed by atoms with Crippen LogP contribution in [0.5, 0.6) is 0 Å². The minimum absolute atomic E-state index is 0.0835. The Bertz CT molecular complexity index is 478. The van der Waals surface area contributed by atoms with E-state index >= 15 is 0 Å². The predicted molar refractivity (Wildman–Crippen MR) is 85.2 cm³/mol. The molecule has 0 saturated heterocycles. The molecule has 1 atom stereocenters. The number of hydrogen-bond donors (Lipinski definition) is 0. The van der Waals surface area contributed by atoms with Crippen LogP contribution in [-0.4, -0.2) is 11.4 Å². The number of benzene rings is 1. The molecular formula is C18H27NO. The van der Waals surface area contributed by atoms with Crippen LogP contribution in [0.3, 0.4) is 0 Å². The van der Waals surface area contributed by atoms with Crippen LogP contribution in [0.15, 0.2) is 24.3 Å². The van der Waals surface area contributed by atoms with Crippen molar-refractivity contribution in [3.8, 4) is 0 Å². The number of amides is 1. The zero-order valence-corrected chi connectivity index (χ0v) is 13.3. The number of fused-ring (bicyclic) bond motifs is 1. The van der Waals surface area contributed by atoms with Crippen molar-refractivity contribution in [1.82, 2.24) is 0 Å². The number of rotatable bonds is 4. The van der Waals surface area contributed by atoms with Crippen LogP contribution in [-0.2, 0) is 4.79 Å². The molecule has 0 saturated carbocycles. The topological polar surface area (TPSA) is 20.3 Å². The van der Waals surface area contributed by atoms with Crippen molar-refractivity contribution in [2.45, 2.75) is 71.3 Å². The summed E-state index contributed by atoms with van der Waals surface area (Å²) in [6.07, 6.45) is 5.35. The number of carbonyl (C=O) groups excluding carboxylic acids is 1. The second-order valence-corrected chi connectivity index (χ2v) is 6.50. The largest absolute Gasteiger partial charge is 0.307 e. The normalized spacial score (nSPS) is 20.6. The predicted octanol–water partition coefficient (Wildman–Crippen LogP) is 4.89. The highest BCUT2D eigenvalue weighted by atomic mass is 16.2. The van der Waals surface area contributed by atoms with E-state index in [2.05, 4.69) is 39.0 Å². The number of hydrogen-bond acceptors (Lipinski definition) is 1. The van der Waals surface area contributed by atoms with Crippen LogP contribution in [0.2, 0.25) is 0 Å². The summed E-state index contributed by atoms with van der Waals surface area (Å²) < 4.78 is 0. The molecule has 20 heavy (non-hydrogen) atoms. The van der Waals surface area contributed by atoms with E-state index in [1.54, 1.807) is 0 Å². The van der Waals surface area contributed by atoms with Crippen molar-refractivity contribution in [3.63, 3.8) is 0 Å². The van der Waals surface area contributed by atoms with Crippen LogP contribution < -0.4 is 4.90 Å². The van der Waals surface area contributed by atoms with Gasteiger partial charge in [0.2, 0.25) is 5.91 Å². The molecule has 1 amide bonds. The summed E-state index contributed by atoms with van der Waals surface area (Å²) in [5, 5.41) is 0. The molecule has 0 spiro atoms. The molecule has 0 radical (unpaired) electrons. The molecule has 2 rings (SSSR count). The average molecular weight is 273 g/mol. The third kappa shape index (κ3) is 2.74. The highest BCUT2D eigenvalue weighted by Gasteiger charge is 2.40. The Balaban J connectivity index is 2.43. The number of nitrogens with zero attached hydrogens (tertiary/aromatic N) is 1. The Labute approximate surface area is 123 Å². The third-order valence-corrected chi connectivity index (χ3v) is 4.43. The Kier molecular flexibility index (Phi) is 4.52. The van der Waals surface area contributed by atoms with E-state index in [4.69, 9.17) is 0 Å². The highest BCUT2D eigenvalue weighted by Crippen LogP contribution is 2.45. The minimum Gasteiger partial charge on any atom is -0.307 e. The molecule has 0 aromatic heterocycles. The van der Waals surface area contributed by atoms with Gasteiger partial charge in [-0.05, 0) is 44.2 Å². The van der Waals surface area contributed by atoms with Gasteiger partial charge in [-0.1, -0.05) is 44.9 Å². The molecule has 1 aromatic rings. The first-order chi connectivity index (χ1) is 9.51. The van der Waals surface area contributed by atoms with Gasteiger partial charge in [-0.25, -0.2) is 0 Å². The number of anilines is 1. The molecule has 110 valence electrons. The fourth-order valence-electron chi connectivity index (χ4n) is 3.50. The zero-order valence-electron chi connectivity index (χ0n) is 13.3. The maximum atomic E-state index is 12.4. The molecule has 2 nitrogen and oxygen atoms in total. The maximum Gasteiger partial charge on any atom is 0.227 e. The van der Waals surface area contributed by atoms with E-state index < -0.39 is 0 Å². The Morgan fingerprint density at radius 2 is 2.00 bits per heavy atom. The quantitative estimate of drug-likeness (QED) is 0.765. The smallest absolute Gasteiger partial charge is 0.227 e. The molecule has 1 heterocycles. The van der Waals surface area contributed by atoms with E-state index in [0.29, 0.717) is 12.3 Å². The van der Waals surface area contributed by atoms with Gasteiger partial charge in [0.25, 0.3) is 0 Å². The molecule has 0 bridgehead atoms. The van der Waals surface area contributed by atoms with Gasteiger partial charge in [-0.3, -0.25) is 4.79 Å². The summed E-state index contributed by atoms with van der Waals surface area (Å²) in [6.45, 7) is 8.60. The highest BCUT2D eigenvalue weighted by molar-refractivity contribution is 5.96. The van der Waals surface area contributed by atoms with E-state index in [1.807, 2.05) is 17.9 Å². The standard InChI is InChI=1S/C18H27NO/c1-5-7-10-14-13-18(3,4)19(17(20)6-2)16-12-9-8-11-15(14)16/h8-9,11-12,14H,5-7,10,13H2,1-4H3. The van der Waals surface area contributed by atoms with Crippen molar-refractivity contribution in [1.29, 1.82) is 0 Å². The SMILES string of the molecule is CCCCC1CC(C)(C)N(C(=O)CC)c2ccccc21. The van der Waals surface area contributed by atoms with Crippen molar-refractivity contribution < 1.29 is 4.79 Å². The van der Waals surface area contributed by atoms with Crippen LogP contribution in [0, 0.1) is 0 Å². The van der Waals surface area contributed by atoms with Gasteiger partial charge in [-0.2, -0.15) is 0 Å². The van der Waals surface area contributed by atoms with Gasteiger partial charge in [0.1, 0.15) is 0 Å². The molecule has 1 unspecified atom stereocenters. The summed E-state index contributed by atoms with van der Waals surface area (Å²) in [5.74, 6) is 0.818. The fourth-order valence-corrected chi connectivity index (χ4v) is 3.50. The van der Waals surface area contributed by atoms with Crippen LogP contribution in [0.1, 0.15) is 71.3 Å². The lowest BCUT2D eigenvalue weighted by Crippen LogP contribution is -2.51. The van der Waals surface area contributed by atoms with Gasteiger partial charge in [0, 0.05) is 17.6 Å². The fraction of sp³-hybridized carbons (Fsp3) is 0.611. The summed E-state index contributed by atoms with van der Waals surface area (Å²) in [4.78, 5) is 14.4. The van der Waals surface area contributed by atoms with E-state index in [0.717, 1.165) is 12.1 Å². The van der Waals surface area contributed by atoms with Crippen molar-refractivity contribution in [3.05, 3.63) is 29.8 Å². The van der Waals surface area contributed by atoms with Gasteiger partial charge in [0.15, 0.2) is 0 Å². The van der Waals surface area contributed by atoms with Crippen molar-refractivity contribution >= 4 is 11.6 Å². The summed E-state index contributed by atoms with van der Waals surface area (Å²) in [6, 6.07) is 8.47. The number of para-hydroxylation sites is 1. The molecule has 0 fully saturated rings. The number of unbranched alkanes of at least 4 members (excludes halogenated alkanes) is 1. The lowest BCUT2D eigenvalue weighted by atomic mass is 9.77. The van der Waals surface area contributed by atoms with Crippen LogP contribution in [0.4, 0.5) is 5.69 Å². The van der Waals surface area contributed by atoms with Gasteiger partial charge >= 0.3 is 0 Å². The van der Waals surface area contributed by atoms with E-state index in [1.165, 1.54) is 24.8 Å². The van der Waals surface area contributed by atoms with E-state index in [-0.39, 0.29) is 11.4 Å². The third-order valence-electron chi connectivity index (χ3n) is 4.43. The lowest BCUT2D eigenvalue weighted by molar-refractivity contribution is -0.119. The van der Waals surface area contributed by atoms with Crippen molar-refractivity contribution in [2.75, 3.05) is 4.90 Å². The second-order valence-electron chi connectivity index (χ2n) is 6.50. The first-order valence-electron chi connectivity index (χ1n) is 7.93. The number of carbonyl (C=O) groups is 1. The van der Waals surface area contributed by atoms with Crippen LogP contribution >= 0.6 is 0 Å². The molecule has 0 aliphatic carbocycles. The summed E-state index contributed by atoms with van der Waals surface area (Å²) in [5.41, 5.74) is 2.42. The van der Waals surface area contributed by atoms with Gasteiger partial charge in [-0.15, -0.1) is 0 Å². The molecule has 2 heteroatoms. The molecule has 1 aliphatic rings. The average Bonchev–Trinajstić information content (AvgIpc) is 2.43. The van der Waals surface area contributed by atoms with Gasteiger partial charge < -0.3 is 4.90 Å². The monoisotopic (exact) mass is 273 g/mol. The Morgan fingerprint density at radius 1 is 1.30 bits per heavy atom. The lowest BCUT2D eigenvalue weighted by Gasteiger charge is -2.46. The molecular weight excluding hydrogens is 246 g/mol. The summed E-state index contributed by atoms with van der Waals surface area (Å²) >= 11 is 0. The second kappa shape index (κ2) is 5.99. The maximum absolute atomic E-state index is 12.4. The first kappa shape index (κ1) is 15.1. The zero-order chi connectivity index (χ0) is 14.8. The van der Waals surface area contributed by atoms with Crippen molar-refractivity contribution in [2.24, 2.45) is 0 Å².